The molecule has 0 saturated carbocycles. The number of aryl methyl sites for hydroxylation is 1. The number of benzene rings is 2. The first-order valence-electron chi connectivity index (χ1n) is 10.9. The maximum absolute atomic E-state index is 12.7. The SMILES string of the molecule is CCCC(c1c(C)cccc1N1CCCCC1)C(C(N)=O)c1ccc(C(=O)O)cc1. The lowest BCUT2D eigenvalue weighted by Gasteiger charge is -2.35. The average Bonchev–Trinajstić information content (AvgIpc) is 2.74. The predicted molar refractivity (Wildman–Crippen MR) is 120 cm³/mol. The van der Waals surface area contributed by atoms with Crippen LogP contribution >= 0.6 is 0 Å². The number of anilines is 1. The van der Waals surface area contributed by atoms with Gasteiger partial charge in [-0.05, 0) is 67.5 Å². The maximum atomic E-state index is 12.7. The van der Waals surface area contributed by atoms with E-state index < -0.39 is 11.9 Å². The molecule has 2 aromatic rings. The Morgan fingerprint density at radius 2 is 1.73 bits per heavy atom. The summed E-state index contributed by atoms with van der Waals surface area (Å²) in [6.07, 6.45) is 5.38. The van der Waals surface area contributed by atoms with E-state index in [0.29, 0.717) is 0 Å². The van der Waals surface area contributed by atoms with Crippen LogP contribution in [-0.4, -0.2) is 30.1 Å². The minimum atomic E-state index is -0.978. The van der Waals surface area contributed by atoms with Crippen molar-refractivity contribution < 1.29 is 14.7 Å². The van der Waals surface area contributed by atoms with Gasteiger partial charge >= 0.3 is 5.97 Å². The van der Waals surface area contributed by atoms with Crippen LogP contribution in [0.4, 0.5) is 5.69 Å². The fourth-order valence-corrected chi connectivity index (χ4v) is 4.77. The lowest BCUT2D eigenvalue weighted by Crippen LogP contribution is -2.33. The van der Waals surface area contributed by atoms with Gasteiger partial charge in [0.15, 0.2) is 0 Å². The Hall–Kier alpha value is -2.82. The van der Waals surface area contributed by atoms with Crippen molar-refractivity contribution in [1.82, 2.24) is 0 Å². The molecule has 1 heterocycles. The summed E-state index contributed by atoms with van der Waals surface area (Å²) in [5.74, 6) is -1.91. The molecule has 0 aliphatic carbocycles. The van der Waals surface area contributed by atoms with Crippen molar-refractivity contribution >= 4 is 17.6 Å². The van der Waals surface area contributed by atoms with E-state index in [-0.39, 0.29) is 17.4 Å². The van der Waals surface area contributed by atoms with Crippen LogP contribution in [0.5, 0.6) is 0 Å². The standard InChI is InChI=1S/C25H32N2O3/c1-3-8-20(23(24(26)28)18-11-13-19(14-12-18)25(29)30)22-17(2)9-7-10-21(22)27-15-5-4-6-16-27/h7,9-14,20,23H,3-6,8,15-16H2,1-2H3,(H2,26,28)(H,29,30). The smallest absolute Gasteiger partial charge is 0.335 e. The third kappa shape index (κ3) is 4.66. The number of rotatable bonds is 8. The zero-order chi connectivity index (χ0) is 21.7. The molecule has 3 rings (SSSR count). The molecule has 0 bridgehead atoms. The Labute approximate surface area is 178 Å². The average molecular weight is 409 g/mol. The number of nitrogens with two attached hydrogens (primary N) is 1. The van der Waals surface area contributed by atoms with Crippen LogP contribution in [0.25, 0.3) is 0 Å². The minimum absolute atomic E-state index is 0.0543. The van der Waals surface area contributed by atoms with Crippen molar-refractivity contribution in [2.75, 3.05) is 18.0 Å². The van der Waals surface area contributed by atoms with Gasteiger partial charge in [-0.15, -0.1) is 0 Å². The summed E-state index contributed by atoms with van der Waals surface area (Å²) in [6.45, 7) is 6.29. The van der Waals surface area contributed by atoms with E-state index in [1.165, 1.54) is 36.1 Å². The van der Waals surface area contributed by atoms with Crippen LogP contribution in [0.2, 0.25) is 0 Å². The highest BCUT2D eigenvalue weighted by molar-refractivity contribution is 5.88. The molecule has 30 heavy (non-hydrogen) atoms. The first kappa shape index (κ1) is 21.9. The van der Waals surface area contributed by atoms with Gasteiger partial charge in [0, 0.05) is 24.7 Å². The van der Waals surface area contributed by atoms with Crippen molar-refractivity contribution in [3.05, 3.63) is 64.7 Å². The van der Waals surface area contributed by atoms with Crippen LogP contribution in [0.1, 0.15) is 77.9 Å². The second kappa shape index (κ2) is 9.79. The summed E-state index contributed by atoms with van der Waals surface area (Å²) < 4.78 is 0. The molecule has 0 spiro atoms. The van der Waals surface area contributed by atoms with Gasteiger partial charge in [-0.3, -0.25) is 4.79 Å². The zero-order valence-electron chi connectivity index (χ0n) is 17.9. The molecule has 0 aromatic heterocycles. The lowest BCUT2D eigenvalue weighted by molar-refractivity contribution is -0.120. The third-order valence-electron chi connectivity index (χ3n) is 6.19. The van der Waals surface area contributed by atoms with Crippen LogP contribution in [-0.2, 0) is 4.79 Å². The van der Waals surface area contributed by atoms with Gasteiger partial charge in [-0.2, -0.15) is 0 Å². The number of carboxylic acid groups (broad SMARTS) is 1. The van der Waals surface area contributed by atoms with Crippen LogP contribution in [0, 0.1) is 6.92 Å². The number of aromatic carboxylic acids is 1. The van der Waals surface area contributed by atoms with Crippen molar-refractivity contribution in [3.8, 4) is 0 Å². The third-order valence-corrected chi connectivity index (χ3v) is 6.19. The molecule has 5 heteroatoms. The molecule has 2 unspecified atom stereocenters. The Morgan fingerprint density at radius 1 is 1.07 bits per heavy atom. The Morgan fingerprint density at radius 3 is 2.30 bits per heavy atom. The van der Waals surface area contributed by atoms with Crippen LogP contribution in [0.15, 0.2) is 42.5 Å². The largest absolute Gasteiger partial charge is 0.478 e. The molecule has 1 saturated heterocycles. The molecule has 1 aliphatic heterocycles. The van der Waals surface area contributed by atoms with Gasteiger partial charge in [-0.1, -0.05) is 37.6 Å². The Kier molecular flexibility index (Phi) is 7.14. The molecule has 160 valence electrons. The number of hydrogen-bond donors (Lipinski definition) is 2. The maximum Gasteiger partial charge on any atom is 0.335 e. The number of nitrogens with zero attached hydrogens (tertiary/aromatic N) is 1. The molecule has 1 amide bonds. The van der Waals surface area contributed by atoms with Gasteiger partial charge in [-0.25, -0.2) is 4.79 Å². The van der Waals surface area contributed by atoms with Crippen molar-refractivity contribution in [1.29, 1.82) is 0 Å². The van der Waals surface area contributed by atoms with E-state index in [9.17, 15) is 14.7 Å². The fraction of sp³-hybridized carbons (Fsp3) is 0.440. The number of primary amides is 1. The number of piperidine rings is 1. The highest BCUT2D eigenvalue weighted by Crippen LogP contribution is 2.43. The molecule has 2 aromatic carbocycles. The lowest BCUT2D eigenvalue weighted by atomic mass is 9.76. The van der Waals surface area contributed by atoms with Gasteiger partial charge in [0.05, 0.1) is 11.5 Å². The van der Waals surface area contributed by atoms with Crippen molar-refractivity contribution in [2.24, 2.45) is 5.73 Å². The van der Waals surface area contributed by atoms with Gasteiger partial charge in [0.1, 0.15) is 0 Å². The number of amides is 1. The van der Waals surface area contributed by atoms with E-state index in [2.05, 4.69) is 36.9 Å². The fourth-order valence-electron chi connectivity index (χ4n) is 4.77. The molecule has 1 fully saturated rings. The predicted octanol–water partition coefficient (Wildman–Crippen LogP) is 4.84. The first-order valence-corrected chi connectivity index (χ1v) is 10.9. The second-order valence-electron chi connectivity index (χ2n) is 8.26. The van der Waals surface area contributed by atoms with E-state index >= 15 is 0 Å². The van der Waals surface area contributed by atoms with Gasteiger partial charge < -0.3 is 15.7 Å². The molecule has 0 radical (unpaired) electrons. The highest BCUT2D eigenvalue weighted by Gasteiger charge is 2.32. The number of hydrogen-bond acceptors (Lipinski definition) is 3. The second-order valence-corrected chi connectivity index (χ2v) is 8.26. The molecule has 3 N–H and O–H groups in total. The molecule has 1 aliphatic rings. The number of carbonyl (C=O) groups is 2. The minimum Gasteiger partial charge on any atom is -0.478 e. The van der Waals surface area contributed by atoms with E-state index in [1.54, 1.807) is 24.3 Å². The molecular weight excluding hydrogens is 376 g/mol. The van der Waals surface area contributed by atoms with E-state index in [1.807, 2.05) is 0 Å². The molecule has 5 nitrogen and oxygen atoms in total. The zero-order valence-corrected chi connectivity index (χ0v) is 17.9. The summed E-state index contributed by atoms with van der Waals surface area (Å²) in [4.78, 5) is 26.4. The Balaban J connectivity index is 2.09. The van der Waals surface area contributed by atoms with E-state index in [4.69, 9.17) is 5.73 Å². The topological polar surface area (TPSA) is 83.6 Å². The van der Waals surface area contributed by atoms with Gasteiger partial charge in [0.2, 0.25) is 5.91 Å². The number of carboxylic acids is 1. The van der Waals surface area contributed by atoms with Crippen molar-refractivity contribution in [3.63, 3.8) is 0 Å². The van der Waals surface area contributed by atoms with Crippen LogP contribution < -0.4 is 10.6 Å². The summed E-state index contributed by atoms with van der Waals surface area (Å²) >= 11 is 0. The number of carbonyl (C=O) groups excluding carboxylic acids is 1. The summed E-state index contributed by atoms with van der Waals surface area (Å²) in [6, 6.07) is 13.0. The highest BCUT2D eigenvalue weighted by atomic mass is 16.4. The Bertz CT molecular complexity index is 886. The normalized spacial score (nSPS) is 16.1. The van der Waals surface area contributed by atoms with Crippen LogP contribution in [0.3, 0.4) is 0 Å². The van der Waals surface area contributed by atoms with E-state index in [0.717, 1.165) is 31.5 Å². The molecule has 2 atom stereocenters. The van der Waals surface area contributed by atoms with Gasteiger partial charge in [0.25, 0.3) is 0 Å². The quantitative estimate of drug-likeness (QED) is 0.655. The summed E-state index contributed by atoms with van der Waals surface area (Å²) in [5.41, 5.74) is 10.5. The summed E-state index contributed by atoms with van der Waals surface area (Å²) in [7, 11) is 0. The summed E-state index contributed by atoms with van der Waals surface area (Å²) in [5, 5.41) is 9.21. The molecular formula is C25H32N2O3. The van der Waals surface area contributed by atoms with Crippen molar-refractivity contribution in [2.45, 2.75) is 57.8 Å². The first-order chi connectivity index (χ1) is 14.4. The monoisotopic (exact) mass is 408 g/mol.